The number of aryl methyl sites for hydroxylation is 2. The number of rotatable bonds is 5. The average molecular weight is 391 g/mol. The van der Waals surface area contributed by atoms with Crippen molar-refractivity contribution in [3.8, 4) is 5.75 Å². The van der Waals surface area contributed by atoms with Gasteiger partial charge >= 0.3 is 0 Å². The number of hydrogen-bond donors (Lipinski definition) is 1. The minimum absolute atomic E-state index is 0.0953. The van der Waals surface area contributed by atoms with E-state index in [0.717, 1.165) is 11.1 Å². The average Bonchev–Trinajstić information content (AvgIpc) is 3.12. The van der Waals surface area contributed by atoms with Crippen molar-refractivity contribution in [1.82, 2.24) is 19.2 Å². The Labute approximate surface area is 166 Å². The predicted octanol–water partition coefficient (Wildman–Crippen LogP) is 2.91. The molecular formula is C21H21N5O3. The molecule has 0 bridgehead atoms. The molecule has 4 aromatic rings. The maximum absolute atomic E-state index is 12.8. The molecule has 8 heteroatoms. The number of nitrogens with one attached hydrogen (secondary N) is 1. The molecule has 29 heavy (non-hydrogen) atoms. The summed E-state index contributed by atoms with van der Waals surface area (Å²) in [4.78, 5) is 24.2. The summed E-state index contributed by atoms with van der Waals surface area (Å²) in [7, 11) is 0. The van der Waals surface area contributed by atoms with Crippen LogP contribution < -0.4 is 15.6 Å². The van der Waals surface area contributed by atoms with E-state index in [1.807, 2.05) is 48.6 Å². The Morgan fingerprint density at radius 3 is 2.72 bits per heavy atom. The number of hydrogen-bond acceptors (Lipinski definition) is 5. The summed E-state index contributed by atoms with van der Waals surface area (Å²) >= 11 is 0. The molecule has 2 heterocycles. The van der Waals surface area contributed by atoms with Gasteiger partial charge in [0, 0.05) is 13.5 Å². The Bertz CT molecular complexity index is 1290. The molecule has 1 amide bonds. The van der Waals surface area contributed by atoms with Gasteiger partial charge < -0.3 is 10.1 Å². The van der Waals surface area contributed by atoms with E-state index in [9.17, 15) is 9.59 Å². The SMILES string of the molecule is CCn1c(=O)c2ccccc2n2c(COc3cc(C)ccc3NC(C)=O)nnc12. The number of ether oxygens (including phenoxy) is 1. The normalized spacial score (nSPS) is 11.1. The van der Waals surface area contributed by atoms with Crippen LogP contribution in [0, 0.1) is 6.92 Å². The number of carbonyl (C=O) groups is 1. The van der Waals surface area contributed by atoms with E-state index in [1.54, 1.807) is 16.7 Å². The number of benzene rings is 2. The van der Waals surface area contributed by atoms with Gasteiger partial charge in [0.2, 0.25) is 11.7 Å². The molecule has 0 atom stereocenters. The van der Waals surface area contributed by atoms with Gasteiger partial charge in [-0.3, -0.25) is 18.6 Å². The van der Waals surface area contributed by atoms with Gasteiger partial charge in [-0.05, 0) is 43.7 Å². The van der Waals surface area contributed by atoms with Crippen molar-refractivity contribution in [2.45, 2.75) is 33.9 Å². The Balaban J connectivity index is 1.79. The lowest BCUT2D eigenvalue weighted by atomic mass is 10.2. The largest absolute Gasteiger partial charge is 0.483 e. The van der Waals surface area contributed by atoms with E-state index >= 15 is 0 Å². The fraction of sp³-hybridized carbons (Fsp3) is 0.238. The zero-order chi connectivity index (χ0) is 20.5. The second kappa shape index (κ2) is 7.38. The van der Waals surface area contributed by atoms with Crippen molar-refractivity contribution < 1.29 is 9.53 Å². The molecule has 2 aromatic heterocycles. The number of amides is 1. The van der Waals surface area contributed by atoms with E-state index in [-0.39, 0.29) is 18.1 Å². The fourth-order valence-corrected chi connectivity index (χ4v) is 3.38. The number of nitrogens with zero attached hydrogens (tertiary/aromatic N) is 4. The van der Waals surface area contributed by atoms with Crippen molar-refractivity contribution >= 4 is 28.3 Å². The molecule has 0 aliphatic carbocycles. The van der Waals surface area contributed by atoms with Crippen LogP contribution >= 0.6 is 0 Å². The third-order valence-electron chi connectivity index (χ3n) is 4.70. The quantitative estimate of drug-likeness (QED) is 0.565. The van der Waals surface area contributed by atoms with Crippen LogP contribution in [0.4, 0.5) is 5.69 Å². The van der Waals surface area contributed by atoms with Gasteiger partial charge in [-0.25, -0.2) is 0 Å². The van der Waals surface area contributed by atoms with E-state index in [2.05, 4.69) is 15.5 Å². The highest BCUT2D eigenvalue weighted by Gasteiger charge is 2.16. The van der Waals surface area contributed by atoms with E-state index < -0.39 is 0 Å². The fourth-order valence-electron chi connectivity index (χ4n) is 3.38. The van der Waals surface area contributed by atoms with Gasteiger partial charge in [0.15, 0.2) is 5.82 Å². The van der Waals surface area contributed by atoms with Gasteiger partial charge in [0.25, 0.3) is 5.56 Å². The van der Waals surface area contributed by atoms with Crippen molar-refractivity contribution in [1.29, 1.82) is 0 Å². The molecule has 0 aliphatic rings. The lowest BCUT2D eigenvalue weighted by Gasteiger charge is -2.13. The molecule has 0 fully saturated rings. The van der Waals surface area contributed by atoms with Crippen LogP contribution in [0.1, 0.15) is 25.2 Å². The van der Waals surface area contributed by atoms with Crippen LogP contribution in [0.2, 0.25) is 0 Å². The molecule has 0 radical (unpaired) electrons. The Kier molecular flexibility index (Phi) is 4.75. The predicted molar refractivity (Wildman–Crippen MR) is 110 cm³/mol. The standard InChI is InChI=1S/C21H21N5O3/c1-4-25-20(28)15-7-5-6-8-17(15)26-19(23-24-21(25)26)12-29-18-11-13(2)9-10-16(18)22-14(3)27/h5-11H,4,12H2,1-3H3,(H,22,27). The summed E-state index contributed by atoms with van der Waals surface area (Å²) in [6.45, 7) is 5.91. The zero-order valence-corrected chi connectivity index (χ0v) is 16.5. The molecule has 0 spiro atoms. The molecule has 4 rings (SSSR count). The summed E-state index contributed by atoms with van der Waals surface area (Å²) in [6, 6.07) is 12.9. The first-order chi connectivity index (χ1) is 14.0. The Morgan fingerprint density at radius 1 is 1.17 bits per heavy atom. The van der Waals surface area contributed by atoms with Crippen molar-refractivity contribution in [3.63, 3.8) is 0 Å². The highest BCUT2D eigenvalue weighted by molar-refractivity contribution is 5.90. The number of fused-ring (bicyclic) bond motifs is 3. The van der Waals surface area contributed by atoms with Crippen LogP contribution in [0.5, 0.6) is 5.75 Å². The summed E-state index contributed by atoms with van der Waals surface area (Å²) in [5.41, 5.74) is 2.23. The number of aromatic nitrogens is 4. The van der Waals surface area contributed by atoms with Gasteiger partial charge in [0.1, 0.15) is 12.4 Å². The highest BCUT2D eigenvalue weighted by Crippen LogP contribution is 2.27. The zero-order valence-electron chi connectivity index (χ0n) is 16.5. The van der Waals surface area contributed by atoms with E-state index in [4.69, 9.17) is 4.74 Å². The van der Waals surface area contributed by atoms with Gasteiger partial charge in [-0.2, -0.15) is 0 Å². The smallest absolute Gasteiger partial charge is 0.262 e. The maximum atomic E-state index is 12.8. The minimum atomic E-state index is -0.176. The van der Waals surface area contributed by atoms with Gasteiger partial charge in [-0.15, -0.1) is 10.2 Å². The second-order valence-corrected chi connectivity index (χ2v) is 6.79. The minimum Gasteiger partial charge on any atom is -0.483 e. The van der Waals surface area contributed by atoms with Crippen LogP contribution in [0.3, 0.4) is 0 Å². The first-order valence-corrected chi connectivity index (χ1v) is 9.36. The van der Waals surface area contributed by atoms with Crippen LogP contribution in [0.25, 0.3) is 16.7 Å². The first kappa shape index (κ1) is 18.7. The summed E-state index contributed by atoms with van der Waals surface area (Å²) < 4.78 is 9.43. The molecule has 0 saturated carbocycles. The summed E-state index contributed by atoms with van der Waals surface area (Å²) in [5.74, 6) is 1.41. The van der Waals surface area contributed by atoms with Crippen molar-refractivity contribution in [3.05, 3.63) is 64.2 Å². The second-order valence-electron chi connectivity index (χ2n) is 6.79. The van der Waals surface area contributed by atoms with Crippen LogP contribution in [-0.2, 0) is 17.9 Å². The maximum Gasteiger partial charge on any atom is 0.262 e. The number of anilines is 1. The number of para-hydroxylation sites is 1. The lowest BCUT2D eigenvalue weighted by molar-refractivity contribution is -0.114. The molecule has 148 valence electrons. The van der Waals surface area contributed by atoms with E-state index in [0.29, 0.717) is 35.0 Å². The summed E-state index contributed by atoms with van der Waals surface area (Å²) in [6.07, 6.45) is 0. The van der Waals surface area contributed by atoms with Gasteiger partial charge in [0.05, 0.1) is 16.6 Å². The molecule has 2 aromatic carbocycles. The van der Waals surface area contributed by atoms with Crippen molar-refractivity contribution in [2.24, 2.45) is 0 Å². The highest BCUT2D eigenvalue weighted by atomic mass is 16.5. The third kappa shape index (κ3) is 3.33. The Morgan fingerprint density at radius 2 is 1.97 bits per heavy atom. The molecule has 0 saturated heterocycles. The molecular weight excluding hydrogens is 370 g/mol. The molecule has 0 aliphatic heterocycles. The molecule has 0 unspecified atom stereocenters. The Hall–Kier alpha value is -3.68. The summed E-state index contributed by atoms with van der Waals surface area (Å²) in [5, 5.41) is 11.9. The lowest BCUT2D eigenvalue weighted by Crippen LogP contribution is -2.22. The van der Waals surface area contributed by atoms with Crippen molar-refractivity contribution in [2.75, 3.05) is 5.32 Å². The monoisotopic (exact) mass is 391 g/mol. The number of carbonyl (C=O) groups excluding carboxylic acids is 1. The molecule has 8 nitrogen and oxygen atoms in total. The topological polar surface area (TPSA) is 90.5 Å². The third-order valence-corrected chi connectivity index (χ3v) is 4.70. The van der Waals surface area contributed by atoms with Crippen LogP contribution in [0.15, 0.2) is 47.3 Å². The first-order valence-electron chi connectivity index (χ1n) is 9.36. The van der Waals surface area contributed by atoms with E-state index in [1.165, 1.54) is 6.92 Å². The van der Waals surface area contributed by atoms with Crippen LogP contribution in [-0.4, -0.2) is 25.1 Å². The molecule has 1 N–H and O–H groups in total. The van der Waals surface area contributed by atoms with Gasteiger partial charge in [-0.1, -0.05) is 18.2 Å².